The Labute approximate surface area is 126 Å². The highest BCUT2D eigenvalue weighted by atomic mass is 19.1. The molecule has 3 heterocycles. The van der Waals surface area contributed by atoms with Crippen LogP contribution in [0.3, 0.4) is 0 Å². The van der Waals surface area contributed by atoms with Crippen molar-refractivity contribution in [2.24, 2.45) is 0 Å². The molecule has 0 atom stereocenters. The van der Waals surface area contributed by atoms with Crippen molar-refractivity contribution in [3.05, 3.63) is 42.6 Å². The van der Waals surface area contributed by atoms with Crippen molar-refractivity contribution < 1.29 is 4.39 Å². The van der Waals surface area contributed by atoms with Crippen LogP contribution in [-0.2, 0) is 6.54 Å². The Morgan fingerprint density at radius 1 is 1.41 bits per heavy atom. The first-order valence-corrected chi connectivity index (χ1v) is 6.79. The third kappa shape index (κ3) is 2.26. The van der Waals surface area contributed by atoms with E-state index in [4.69, 9.17) is 5.73 Å². The summed E-state index contributed by atoms with van der Waals surface area (Å²) in [7, 11) is 0. The van der Waals surface area contributed by atoms with Crippen LogP contribution < -0.4 is 11.1 Å². The van der Waals surface area contributed by atoms with Crippen molar-refractivity contribution in [1.82, 2.24) is 19.7 Å². The molecule has 22 heavy (non-hydrogen) atoms. The van der Waals surface area contributed by atoms with E-state index in [2.05, 4.69) is 27.0 Å². The fourth-order valence-corrected chi connectivity index (χ4v) is 2.24. The summed E-state index contributed by atoms with van der Waals surface area (Å²) in [4.78, 5) is 8.24. The van der Waals surface area contributed by atoms with E-state index < -0.39 is 5.82 Å². The normalized spacial score (nSPS) is 10.8. The van der Waals surface area contributed by atoms with Gasteiger partial charge in [-0.05, 0) is 13.0 Å². The minimum Gasteiger partial charge on any atom is -0.381 e. The van der Waals surface area contributed by atoms with E-state index in [1.807, 2.05) is 11.6 Å². The average molecular weight is 298 g/mol. The molecule has 0 bridgehead atoms. The number of nitrogen functional groups attached to an aromatic ring is 1. The standard InChI is InChI=1S/C15H15FN6/c1-3-9-5-11(16)14(17)21-15(9)20-12-7-18-8-13-10(12)6-19-22(13)4-2/h3,5-8H,1,4H2,2H3,(H3,17,20,21). The lowest BCUT2D eigenvalue weighted by Crippen LogP contribution is -2.03. The Kier molecular flexibility index (Phi) is 3.46. The van der Waals surface area contributed by atoms with Crippen LogP contribution in [0.25, 0.3) is 17.0 Å². The van der Waals surface area contributed by atoms with Gasteiger partial charge in [-0.15, -0.1) is 0 Å². The molecule has 3 aromatic heterocycles. The number of aromatic nitrogens is 4. The van der Waals surface area contributed by atoms with Crippen molar-refractivity contribution in [1.29, 1.82) is 0 Å². The number of nitrogens with zero attached hydrogens (tertiary/aromatic N) is 4. The topological polar surface area (TPSA) is 81.7 Å². The zero-order valence-electron chi connectivity index (χ0n) is 12.0. The summed E-state index contributed by atoms with van der Waals surface area (Å²) < 4.78 is 15.3. The molecule has 7 heteroatoms. The van der Waals surface area contributed by atoms with Crippen LogP contribution in [0.5, 0.6) is 0 Å². The fourth-order valence-electron chi connectivity index (χ4n) is 2.24. The molecule has 0 unspecified atom stereocenters. The molecule has 0 spiro atoms. The maximum absolute atomic E-state index is 13.5. The second kappa shape index (κ2) is 5.44. The lowest BCUT2D eigenvalue weighted by Gasteiger charge is -2.11. The highest BCUT2D eigenvalue weighted by molar-refractivity contribution is 5.92. The molecule has 0 fully saturated rings. The largest absolute Gasteiger partial charge is 0.381 e. The second-order valence-electron chi connectivity index (χ2n) is 4.70. The SMILES string of the molecule is C=Cc1cc(F)c(N)nc1Nc1cncc2c1cnn2CC. The predicted octanol–water partition coefficient (Wildman–Crippen LogP) is 2.95. The number of nitrogens with one attached hydrogen (secondary N) is 1. The first-order chi connectivity index (χ1) is 10.6. The molecule has 3 rings (SSSR count). The molecule has 112 valence electrons. The zero-order chi connectivity index (χ0) is 15.7. The molecule has 0 radical (unpaired) electrons. The lowest BCUT2D eigenvalue weighted by atomic mass is 10.2. The summed E-state index contributed by atoms with van der Waals surface area (Å²) in [5.74, 6) is -0.319. The fraction of sp³-hybridized carbons (Fsp3) is 0.133. The van der Waals surface area contributed by atoms with Crippen LogP contribution in [0.2, 0.25) is 0 Å². The van der Waals surface area contributed by atoms with Crippen LogP contribution in [0.1, 0.15) is 12.5 Å². The van der Waals surface area contributed by atoms with E-state index in [9.17, 15) is 4.39 Å². The summed E-state index contributed by atoms with van der Waals surface area (Å²) in [5.41, 5.74) is 7.69. The van der Waals surface area contributed by atoms with Gasteiger partial charge in [0.15, 0.2) is 11.6 Å². The van der Waals surface area contributed by atoms with Crippen molar-refractivity contribution in [2.45, 2.75) is 13.5 Å². The van der Waals surface area contributed by atoms with E-state index >= 15 is 0 Å². The molecule has 0 saturated heterocycles. The molecule has 0 amide bonds. The van der Waals surface area contributed by atoms with Gasteiger partial charge in [-0.1, -0.05) is 12.7 Å². The van der Waals surface area contributed by atoms with Gasteiger partial charge in [-0.25, -0.2) is 9.37 Å². The highest BCUT2D eigenvalue weighted by Gasteiger charge is 2.11. The molecule has 0 aromatic carbocycles. The Hall–Kier alpha value is -2.96. The first-order valence-electron chi connectivity index (χ1n) is 6.79. The number of halogens is 1. The summed E-state index contributed by atoms with van der Waals surface area (Å²) in [6.07, 6.45) is 6.68. The van der Waals surface area contributed by atoms with E-state index in [1.54, 1.807) is 18.6 Å². The molecule has 0 aliphatic rings. The van der Waals surface area contributed by atoms with E-state index in [-0.39, 0.29) is 5.82 Å². The molecule has 0 saturated carbocycles. The minimum atomic E-state index is -0.574. The Morgan fingerprint density at radius 3 is 2.95 bits per heavy atom. The van der Waals surface area contributed by atoms with Gasteiger partial charge in [-0.3, -0.25) is 9.67 Å². The molecule has 0 aliphatic carbocycles. The van der Waals surface area contributed by atoms with Crippen molar-refractivity contribution in [2.75, 3.05) is 11.1 Å². The minimum absolute atomic E-state index is 0.169. The van der Waals surface area contributed by atoms with E-state index in [0.29, 0.717) is 11.4 Å². The molecular weight excluding hydrogens is 283 g/mol. The third-order valence-corrected chi connectivity index (χ3v) is 3.38. The van der Waals surface area contributed by atoms with Gasteiger partial charge in [0.05, 0.1) is 29.8 Å². The van der Waals surface area contributed by atoms with Crippen molar-refractivity contribution >= 4 is 34.3 Å². The zero-order valence-corrected chi connectivity index (χ0v) is 12.0. The smallest absolute Gasteiger partial charge is 0.165 e. The van der Waals surface area contributed by atoms with Crippen LogP contribution in [-0.4, -0.2) is 19.7 Å². The number of aryl methyl sites for hydroxylation is 1. The van der Waals surface area contributed by atoms with Gasteiger partial charge >= 0.3 is 0 Å². The number of fused-ring (bicyclic) bond motifs is 1. The molecule has 3 aromatic rings. The average Bonchev–Trinajstić information content (AvgIpc) is 2.95. The Morgan fingerprint density at radius 2 is 2.23 bits per heavy atom. The van der Waals surface area contributed by atoms with Gasteiger partial charge in [0.1, 0.15) is 5.82 Å². The summed E-state index contributed by atoms with van der Waals surface area (Å²) >= 11 is 0. The summed E-state index contributed by atoms with van der Waals surface area (Å²) in [5, 5.41) is 8.33. The predicted molar refractivity (Wildman–Crippen MR) is 85.2 cm³/mol. The van der Waals surface area contributed by atoms with Gasteiger partial charge in [-0.2, -0.15) is 5.10 Å². The summed E-state index contributed by atoms with van der Waals surface area (Å²) in [6, 6.07) is 1.29. The number of pyridine rings is 2. The van der Waals surface area contributed by atoms with Crippen LogP contribution in [0, 0.1) is 5.82 Å². The monoisotopic (exact) mass is 298 g/mol. The second-order valence-corrected chi connectivity index (χ2v) is 4.70. The maximum Gasteiger partial charge on any atom is 0.165 e. The third-order valence-electron chi connectivity index (χ3n) is 3.38. The van der Waals surface area contributed by atoms with Gasteiger partial charge < -0.3 is 11.1 Å². The lowest BCUT2D eigenvalue weighted by molar-refractivity contribution is 0.627. The van der Waals surface area contributed by atoms with Crippen LogP contribution in [0.4, 0.5) is 21.7 Å². The van der Waals surface area contributed by atoms with Crippen LogP contribution >= 0.6 is 0 Å². The molecular formula is C15H15FN6. The van der Waals surface area contributed by atoms with Gasteiger partial charge in [0, 0.05) is 17.5 Å². The Bertz CT molecular complexity index is 855. The quantitative estimate of drug-likeness (QED) is 0.774. The van der Waals surface area contributed by atoms with Crippen molar-refractivity contribution in [3.8, 4) is 0 Å². The van der Waals surface area contributed by atoms with Crippen LogP contribution in [0.15, 0.2) is 31.2 Å². The molecule has 0 aliphatic heterocycles. The van der Waals surface area contributed by atoms with E-state index in [0.717, 1.165) is 23.1 Å². The maximum atomic E-state index is 13.5. The van der Waals surface area contributed by atoms with Gasteiger partial charge in [0.25, 0.3) is 0 Å². The number of nitrogens with two attached hydrogens (primary N) is 1. The van der Waals surface area contributed by atoms with Gasteiger partial charge in [0.2, 0.25) is 0 Å². The molecule has 6 nitrogen and oxygen atoms in total. The Balaban J connectivity index is 2.09. The van der Waals surface area contributed by atoms with Crippen molar-refractivity contribution in [3.63, 3.8) is 0 Å². The highest BCUT2D eigenvalue weighted by Crippen LogP contribution is 2.27. The first kappa shape index (κ1) is 14.0. The number of anilines is 3. The number of rotatable bonds is 4. The number of hydrogen-bond donors (Lipinski definition) is 2. The molecule has 3 N–H and O–H groups in total. The van der Waals surface area contributed by atoms with E-state index in [1.165, 1.54) is 12.1 Å². The summed E-state index contributed by atoms with van der Waals surface area (Å²) in [6.45, 7) is 6.41. The number of hydrogen-bond acceptors (Lipinski definition) is 5.